The van der Waals surface area contributed by atoms with Gasteiger partial charge in [0.25, 0.3) is 11.2 Å². The third kappa shape index (κ3) is 6.26. The Morgan fingerprint density at radius 1 is 1.00 bits per heavy atom. The number of hydrogen-bond acceptors (Lipinski definition) is 8. The second-order valence-corrected chi connectivity index (χ2v) is 11.3. The molecule has 1 aromatic heterocycles. The van der Waals surface area contributed by atoms with Crippen LogP contribution in [0.25, 0.3) is 11.8 Å². The Balaban J connectivity index is 1.38. The molecule has 0 fully saturated rings. The number of rotatable bonds is 9. The molecule has 46 heavy (non-hydrogen) atoms. The van der Waals surface area contributed by atoms with Crippen LogP contribution in [0.3, 0.4) is 0 Å². The summed E-state index contributed by atoms with van der Waals surface area (Å²) in [6.07, 6.45) is 1.74. The SMILES string of the molecule is CCOC(=O)C1=C(c2ccccc2)N=c2s/c(=C\c3ccc(OCc4ccc([N+](=O)[O-])cc4)cc3)c(=O)n2C1c1ccc(F)cc1. The van der Waals surface area contributed by atoms with Crippen LogP contribution in [-0.2, 0) is 16.1 Å². The lowest BCUT2D eigenvalue weighted by Crippen LogP contribution is -2.40. The second kappa shape index (κ2) is 13.1. The molecule has 230 valence electrons. The van der Waals surface area contributed by atoms with Gasteiger partial charge >= 0.3 is 5.97 Å². The normalized spacial score (nSPS) is 14.4. The quantitative estimate of drug-likeness (QED) is 0.119. The summed E-state index contributed by atoms with van der Waals surface area (Å²) >= 11 is 1.19. The predicted molar refractivity (Wildman–Crippen MR) is 171 cm³/mol. The molecule has 1 unspecified atom stereocenters. The van der Waals surface area contributed by atoms with Gasteiger partial charge in [-0.15, -0.1) is 0 Å². The van der Waals surface area contributed by atoms with Gasteiger partial charge in [0.1, 0.15) is 18.2 Å². The van der Waals surface area contributed by atoms with Crippen LogP contribution < -0.4 is 19.6 Å². The molecule has 6 rings (SSSR count). The lowest BCUT2D eigenvalue weighted by molar-refractivity contribution is -0.384. The molecule has 2 heterocycles. The Labute approximate surface area is 266 Å². The highest BCUT2D eigenvalue weighted by Gasteiger charge is 2.35. The van der Waals surface area contributed by atoms with Crippen LogP contribution in [0.1, 0.15) is 35.2 Å². The molecule has 0 saturated heterocycles. The Hall–Kier alpha value is -5.68. The number of hydrogen-bond donors (Lipinski definition) is 0. The largest absolute Gasteiger partial charge is 0.489 e. The molecule has 5 aromatic rings. The summed E-state index contributed by atoms with van der Waals surface area (Å²) in [6.45, 7) is 2.05. The maximum atomic E-state index is 14.0. The minimum absolute atomic E-state index is 0.00998. The zero-order valence-electron chi connectivity index (χ0n) is 24.5. The standard InChI is InChI=1S/C35H26FN3O6S/c1-2-44-34(41)30-31(24-6-4-3-5-7-24)37-35-38(32(30)25-12-14-26(36)15-13-25)33(40)29(46-35)20-22-10-18-28(19-11-22)45-21-23-8-16-27(17-9-23)39(42)43/h3-20,32H,2,21H2,1H3/b29-20-. The molecular formula is C35H26FN3O6S. The molecule has 11 heteroatoms. The summed E-state index contributed by atoms with van der Waals surface area (Å²) in [7, 11) is 0. The van der Waals surface area contributed by atoms with E-state index < -0.39 is 22.8 Å². The van der Waals surface area contributed by atoms with Gasteiger partial charge in [0.05, 0.1) is 33.4 Å². The average Bonchev–Trinajstić information content (AvgIpc) is 3.38. The minimum atomic E-state index is -0.900. The summed E-state index contributed by atoms with van der Waals surface area (Å²) in [6, 6.07) is 27.3. The van der Waals surface area contributed by atoms with Crippen molar-refractivity contribution < 1.29 is 23.6 Å². The number of benzene rings is 4. The van der Waals surface area contributed by atoms with Crippen molar-refractivity contribution in [3.63, 3.8) is 0 Å². The number of ether oxygens (including phenoxy) is 2. The third-order valence-electron chi connectivity index (χ3n) is 7.29. The van der Waals surface area contributed by atoms with Crippen LogP contribution in [0.4, 0.5) is 10.1 Å². The van der Waals surface area contributed by atoms with Crippen LogP contribution >= 0.6 is 11.3 Å². The van der Waals surface area contributed by atoms with Crippen LogP contribution in [0.2, 0.25) is 0 Å². The van der Waals surface area contributed by atoms with Gasteiger partial charge in [-0.25, -0.2) is 14.2 Å². The highest BCUT2D eigenvalue weighted by Crippen LogP contribution is 2.35. The van der Waals surface area contributed by atoms with Crippen molar-refractivity contribution in [2.24, 2.45) is 4.99 Å². The van der Waals surface area contributed by atoms with Crippen molar-refractivity contribution in [2.75, 3.05) is 6.61 Å². The Kier molecular flexibility index (Phi) is 8.66. The highest BCUT2D eigenvalue weighted by molar-refractivity contribution is 7.07. The predicted octanol–water partition coefficient (Wildman–Crippen LogP) is 5.56. The molecule has 1 atom stereocenters. The smallest absolute Gasteiger partial charge is 0.338 e. The number of non-ortho nitro benzene ring substituents is 1. The third-order valence-corrected chi connectivity index (χ3v) is 8.27. The molecule has 0 amide bonds. The van der Waals surface area contributed by atoms with E-state index in [-0.39, 0.29) is 30.0 Å². The number of carbonyl (C=O) groups excluding carboxylic acids is 1. The Morgan fingerprint density at radius 3 is 2.35 bits per heavy atom. The van der Waals surface area contributed by atoms with Crippen LogP contribution in [0, 0.1) is 15.9 Å². The van der Waals surface area contributed by atoms with Crippen molar-refractivity contribution in [1.82, 2.24) is 4.57 Å². The number of esters is 1. The fourth-order valence-corrected chi connectivity index (χ4v) is 6.09. The van der Waals surface area contributed by atoms with Crippen molar-refractivity contribution in [2.45, 2.75) is 19.6 Å². The first kappa shape index (κ1) is 30.4. The van der Waals surface area contributed by atoms with Gasteiger partial charge in [-0.05, 0) is 66.1 Å². The van der Waals surface area contributed by atoms with Crippen molar-refractivity contribution in [3.05, 3.63) is 167 Å². The molecule has 0 spiro atoms. The minimum Gasteiger partial charge on any atom is -0.489 e. The van der Waals surface area contributed by atoms with E-state index in [2.05, 4.69) is 0 Å². The van der Waals surface area contributed by atoms with Crippen molar-refractivity contribution in [1.29, 1.82) is 0 Å². The molecule has 4 aromatic carbocycles. The van der Waals surface area contributed by atoms with Gasteiger partial charge in [-0.2, -0.15) is 0 Å². The molecule has 9 nitrogen and oxygen atoms in total. The first-order valence-corrected chi connectivity index (χ1v) is 15.1. The van der Waals surface area contributed by atoms with Crippen LogP contribution in [0.5, 0.6) is 5.75 Å². The van der Waals surface area contributed by atoms with Crippen molar-refractivity contribution >= 4 is 34.8 Å². The number of carbonyl (C=O) groups is 1. The number of halogens is 1. The van der Waals surface area contributed by atoms with Crippen LogP contribution in [0.15, 0.2) is 118 Å². The number of aromatic nitrogens is 1. The fourth-order valence-electron chi connectivity index (χ4n) is 5.09. The van der Waals surface area contributed by atoms with E-state index in [4.69, 9.17) is 14.5 Å². The maximum absolute atomic E-state index is 14.0. The second-order valence-electron chi connectivity index (χ2n) is 10.3. The maximum Gasteiger partial charge on any atom is 0.338 e. The Morgan fingerprint density at radius 2 is 1.70 bits per heavy atom. The lowest BCUT2D eigenvalue weighted by Gasteiger charge is -2.25. The number of thiazole rings is 1. The van der Waals surface area contributed by atoms with E-state index in [1.165, 1.54) is 40.2 Å². The van der Waals surface area contributed by atoms with E-state index in [1.54, 1.807) is 61.5 Å². The molecule has 0 N–H and O–H groups in total. The topological polar surface area (TPSA) is 113 Å². The lowest BCUT2D eigenvalue weighted by atomic mass is 9.93. The fraction of sp³-hybridized carbons (Fsp3) is 0.114. The molecule has 1 aliphatic rings. The first-order valence-electron chi connectivity index (χ1n) is 14.3. The van der Waals surface area contributed by atoms with Gasteiger partial charge in [0.15, 0.2) is 4.80 Å². The van der Waals surface area contributed by atoms with E-state index >= 15 is 0 Å². The molecule has 0 saturated carbocycles. The number of nitrogens with zero attached hydrogens (tertiary/aromatic N) is 3. The highest BCUT2D eigenvalue weighted by atomic mass is 32.1. The van der Waals surface area contributed by atoms with E-state index in [1.807, 2.05) is 30.3 Å². The zero-order chi connectivity index (χ0) is 32.2. The van der Waals surface area contributed by atoms with Gasteiger partial charge in [-0.1, -0.05) is 65.9 Å². The summed E-state index contributed by atoms with van der Waals surface area (Å²) in [5.41, 5.74) is 2.96. The Bertz CT molecular complexity index is 2120. The van der Waals surface area contributed by atoms with E-state index in [9.17, 15) is 24.1 Å². The van der Waals surface area contributed by atoms with Gasteiger partial charge in [0.2, 0.25) is 0 Å². The summed E-state index contributed by atoms with van der Waals surface area (Å²) in [5.74, 6) is -0.473. The van der Waals surface area contributed by atoms with Gasteiger partial charge in [-0.3, -0.25) is 19.5 Å². The van der Waals surface area contributed by atoms with E-state index in [0.29, 0.717) is 31.9 Å². The average molecular weight is 636 g/mol. The van der Waals surface area contributed by atoms with E-state index in [0.717, 1.165) is 11.1 Å². The number of nitro groups is 1. The summed E-state index contributed by atoms with van der Waals surface area (Å²) in [4.78, 5) is 43.1. The molecule has 1 aliphatic heterocycles. The first-order chi connectivity index (χ1) is 22.3. The molecule has 0 bridgehead atoms. The number of fused-ring (bicyclic) bond motifs is 1. The van der Waals surface area contributed by atoms with Gasteiger partial charge < -0.3 is 9.47 Å². The summed E-state index contributed by atoms with van der Waals surface area (Å²) < 4.78 is 27.1. The number of nitro benzene ring substituents is 1. The molecular weight excluding hydrogens is 609 g/mol. The van der Waals surface area contributed by atoms with Crippen LogP contribution in [-0.4, -0.2) is 22.1 Å². The summed E-state index contributed by atoms with van der Waals surface area (Å²) in [5, 5.41) is 10.9. The zero-order valence-corrected chi connectivity index (χ0v) is 25.3. The van der Waals surface area contributed by atoms with Crippen molar-refractivity contribution in [3.8, 4) is 5.75 Å². The molecule has 0 aliphatic carbocycles. The monoisotopic (exact) mass is 635 g/mol. The molecule has 0 radical (unpaired) electrons. The van der Waals surface area contributed by atoms with Gasteiger partial charge in [0, 0.05) is 17.7 Å².